The second kappa shape index (κ2) is 2.05. The summed E-state index contributed by atoms with van der Waals surface area (Å²) in [5.41, 5.74) is 3.15. The lowest BCUT2D eigenvalue weighted by Crippen LogP contribution is -1.95. The number of aromatic nitrogens is 3. The van der Waals surface area contributed by atoms with Gasteiger partial charge in [0.05, 0.1) is 5.69 Å². The van der Waals surface area contributed by atoms with Gasteiger partial charge < -0.3 is 0 Å². The zero-order valence-electron chi connectivity index (χ0n) is 6.57. The van der Waals surface area contributed by atoms with Crippen molar-refractivity contribution in [1.29, 1.82) is 0 Å². The number of fused-ring (bicyclic) bond motifs is 1. The molecule has 0 N–H and O–H groups in total. The highest BCUT2D eigenvalue weighted by Gasteiger charge is 1.97. The van der Waals surface area contributed by atoms with E-state index < -0.39 is 0 Å². The molecule has 0 saturated heterocycles. The summed E-state index contributed by atoms with van der Waals surface area (Å²) in [6.07, 6.45) is 3.60. The Balaban J connectivity index is 2.86. The standard InChI is InChI=1S/C8H9N3/c1-6-5-8-9-3-4-11(8)10-7(6)2/h3-5H,1-2H3. The van der Waals surface area contributed by atoms with E-state index in [0.29, 0.717) is 0 Å². The van der Waals surface area contributed by atoms with Crippen molar-refractivity contribution in [3.05, 3.63) is 29.7 Å². The van der Waals surface area contributed by atoms with Gasteiger partial charge in [-0.3, -0.25) is 0 Å². The molecule has 0 radical (unpaired) electrons. The zero-order chi connectivity index (χ0) is 7.84. The van der Waals surface area contributed by atoms with Gasteiger partial charge in [-0.1, -0.05) is 0 Å². The van der Waals surface area contributed by atoms with Crippen molar-refractivity contribution in [1.82, 2.24) is 14.6 Å². The van der Waals surface area contributed by atoms with E-state index in [9.17, 15) is 0 Å². The van der Waals surface area contributed by atoms with Crippen LogP contribution in [0.25, 0.3) is 5.65 Å². The predicted octanol–water partition coefficient (Wildman–Crippen LogP) is 1.35. The fourth-order valence-electron chi connectivity index (χ4n) is 1.03. The molecule has 0 unspecified atom stereocenters. The van der Waals surface area contributed by atoms with Crippen LogP contribution >= 0.6 is 0 Å². The highest BCUT2D eigenvalue weighted by atomic mass is 15.2. The van der Waals surface area contributed by atoms with Gasteiger partial charge in [0.2, 0.25) is 0 Å². The van der Waals surface area contributed by atoms with Crippen molar-refractivity contribution < 1.29 is 0 Å². The molecule has 2 aromatic heterocycles. The molecule has 0 aromatic carbocycles. The first-order valence-corrected chi connectivity index (χ1v) is 3.55. The molecule has 3 nitrogen and oxygen atoms in total. The molecule has 11 heavy (non-hydrogen) atoms. The molecule has 2 heterocycles. The lowest BCUT2D eigenvalue weighted by Gasteiger charge is -1.98. The second-order valence-electron chi connectivity index (χ2n) is 2.64. The maximum absolute atomic E-state index is 4.29. The van der Waals surface area contributed by atoms with Gasteiger partial charge in [-0.05, 0) is 25.5 Å². The van der Waals surface area contributed by atoms with Crippen LogP contribution in [0.4, 0.5) is 0 Å². The Bertz CT molecular complexity index is 353. The maximum Gasteiger partial charge on any atom is 0.153 e. The zero-order valence-corrected chi connectivity index (χ0v) is 6.57. The molecule has 0 fully saturated rings. The minimum Gasteiger partial charge on any atom is -0.236 e. The van der Waals surface area contributed by atoms with Gasteiger partial charge in [-0.15, -0.1) is 0 Å². The molecule has 2 rings (SSSR count). The van der Waals surface area contributed by atoms with Crippen molar-refractivity contribution in [2.75, 3.05) is 0 Å². The first kappa shape index (κ1) is 6.34. The van der Waals surface area contributed by atoms with Crippen molar-refractivity contribution in [3.8, 4) is 0 Å². The van der Waals surface area contributed by atoms with Crippen LogP contribution in [0.1, 0.15) is 11.3 Å². The fraction of sp³-hybridized carbons (Fsp3) is 0.250. The van der Waals surface area contributed by atoms with Crippen LogP contribution in [0.3, 0.4) is 0 Å². The van der Waals surface area contributed by atoms with Gasteiger partial charge in [-0.25, -0.2) is 9.50 Å². The molecule has 3 heteroatoms. The van der Waals surface area contributed by atoms with Crippen LogP contribution < -0.4 is 0 Å². The summed E-state index contributed by atoms with van der Waals surface area (Å²) in [5, 5.41) is 4.29. The number of nitrogens with zero attached hydrogens (tertiary/aromatic N) is 3. The number of rotatable bonds is 0. The van der Waals surface area contributed by atoms with Gasteiger partial charge in [0.25, 0.3) is 0 Å². The Morgan fingerprint density at radius 2 is 2.18 bits per heavy atom. The van der Waals surface area contributed by atoms with Crippen LogP contribution in [-0.4, -0.2) is 14.6 Å². The average molecular weight is 147 g/mol. The van der Waals surface area contributed by atoms with Gasteiger partial charge >= 0.3 is 0 Å². The van der Waals surface area contributed by atoms with E-state index in [-0.39, 0.29) is 0 Å². The topological polar surface area (TPSA) is 30.2 Å². The van der Waals surface area contributed by atoms with Crippen LogP contribution in [0, 0.1) is 13.8 Å². The van der Waals surface area contributed by atoms with Gasteiger partial charge in [0.15, 0.2) is 5.65 Å². The molecular weight excluding hydrogens is 138 g/mol. The summed E-state index contributed by atoms with van der Waals surface area (Å²) in [7, 11) is 0. The van der Waals surface area contributed by atoms with Gasteiger partial charge in [-0.2, -0.15) is 5.10 Å². The Labute approximate surface area is 64.7 Å². The first-order valence-electron chi connectivity index (χ1n) is 3.55. The third-order valence-electron chi connectivity index (χ3n) is 1.82. The normalized spacial score (nSPS) is 10.7. The van der Waals surface area contributed by atoms with E-state index in [2.05, 4.69) is 10.1 Å². The number of imidazole rings is 1. The van der Waals surface area contributed by atoms with E-state index in [4.69, 9.17) is 0 Å². The number of aryl methyl sites for hydroxylation is 2. The second-order valence-corrected chi connectivity index (χ2v) is 2.64. The Morgan fingerprint density at radius 1 is 1.36 bits per heavy atom. The molecule has 0 amide bonds. The lowest BCUT2D eigenvalue weighted by molar-refractivity contribution is 0.889. The molecule has 0 saturated carbocycles. The van der Waals surface area contributed by atoms with Crippen LogP contribution in [0.5, 0.6) is 0 Å². The maximum atomic E-state index is 4.29. The lowest BCUT2D eigenvalue weighted by atomic mass is 10.2. The van der Waals surface area contributed by atoms with Crippen LogP contribution in [0.15, 0.2) is 18.5 Å². The average Bonchev–Trinajstić information content (AvgIpc) is 2.36. The summed E-state index contributed by atoms with van der Waals surface area (Å²) >= 11 is 0. The Kier molecular flexibility index (Phi) is 1.18. The van der Waals surface area contributed by atoms with E-state index in [1.54, 1.807) is 10.7 Å². The fourth-order valence-corrected chi connectivity index (χ4v) is 1.03. The Hall–Kier alpha value is -1.38. The van der Waals surface area contributed by atoms with Crippen LogP contribution in [0.2, 0.25) is 0 Å². The molecular formula is C8H9N3. The third-order valence-corrected chi connectivity index (χ3v) is 1.82. The van der Waals surface area contributed by atoms with Crippen molar-refractivity contribution in [2.24, 2.45) is 0 Å². The monoisotopic (exact) mass is 147 g/mol. The highest BCUT2D eigenvalue weighted by molar-refractivity contribution is 5.40. The molecule has 2 aromatic rings. The molecule has 0 atom stereocenters. The quantitative estimate of drug-likeness (QED) is 0.563. The predicted molar refractivity (Wildman–Crippen MR) is 42.5 cm³/mol. The largest absolute Gasteiger partial charge is 0.236 e. The number of hydrogen-bond donors (Lipinski definition) is 0. The van der Waals surface area contributed by atoms with Crippen molar-refractivity contribution in [2.45, 2.75) is 13.8 Å². The molecule has 0 bridgehead atoms. The van der Waals surface area contributed by atoms with E-state index in [1.165, 1.54) is 5.56 Å². The Morgan fingerprint density at radius 3 is 3.00 bits per heavy atom. The van der Waals surface area contributed by atoms with E-state index >= 15 is 0 Å². The summed E-state index contributed by atoms with van der Waals surface area (Å²) in [6.45, 7) is 4.03. The summed E-state index contributed by atoms with van der Waals surface area (Å²) in [6, 6.07) is 2.03. The molecule has 0 aliphatic rings. The molecule has 0 aliphatic heterocycles. The van der Waals surface area contributed by atoms with E-state index in [0.717, 1.165) is 11.3 Å². The van der Waals surface area contributed by atoms with Crippen molar-refractivity contribution >= 4 is 5.65 Å². The molecule has 0 spiro atoms. The smallest absolute Gasteiger partial charge is 0.153 e. The first-order chi connectivity index (χ1) is 5.27. The van der Waals surface area contributed by atoms with Gasteiger partial charge in [0.1, 0.15) is 0 Å². The summed E-state index contributed by atoms with van der Waals surface area (Å²) in [4.78, 5) is 4.12. The summed E-state index contributed by atoms with van der Waals surface area (Å²) in [5.74, 6) is 0. The summed E-state index contributed by atoms with van der Waals surface area (Å²) < 4.78 is 1.78. The third kappa shape index (κ3) is 0.888. The number of hydrogen-bond acceptors (Lipinski definition) is 2. The van der Waals surface area contributed by atoms with Gasteiger partial charge in [0, 0.05) is 12.4 Å². The van der Waals surface area contributed by atoms with E-state index in [1.807, 2.05) is 26.1 Å². The minimum absolute atomic E-state index is 0.910. The molecule has 56 valence electrons. The van der Waals surface area contributed by atoms with Crippen LogP contribution in [-0.2, 0) is 0 Å². The SMILES string of the molecule is Cc1cc2nccn2nc1C. The minimum atomic E-state index is 0.910. The highest BCUT2D eigenvalue weighted by Crippen LogP contribution is 2.05. The molecule has 0 aliphatic carbocycles. The van der Waals surface area contributed by atoms with Crippen molar-refractivity contribution in [3.63, 3.8) is 0 Å².